The summed E-state index contributed by atoms with van der Waals surface area (Å²) in [5, 5.41) is 3.27. The van der Waals surface area contributed by atoms with Gasteiger partial charge in [-0.25, -0.2) is 8.42 Å². The van der Waals surface area contributed by atoms with Gasteiger partial charge in [-0.2, -0.15) is 4.31 Å². The van der Waals surface area contributed by atoms with Gasteiger partial charge in [0.2, 0.25) is 10.0 Å². The molecule has 3 rings (SSSR count). The second-order valence-corrected chi connectivity index (χ2v) is 9.23. The first kappa shape index (κ1) is 19.3. The number of benzene rings is 1. The second kappa shape index (κ2) is 8.50. The fourth-order valence-electron chi connectivity index (χ4n) is 3.83. The summed E-state index contributed by atoms with van der Waals surface area (Å²) >= 11 is 0. The average Bonchev–Trinajstić information content (AvgIpc) is 2.97. The number of nitrogens with zero attached hydrogens (tertiary/aromatic N) is 2. The summed E-state index contributed by atoms with van der Waals surface area (Å²) in [4.78, 5) is 14.8. The third kappa shape index (κ3) is 4.27. The Hall–Kier alpha value is -1.44. The van der Waals surface area contributed by atoms with Crippen LogP contribution in [0.25, 0.3) is 0 Å². The predicted molar refractivity (Wildman–Crippen MR) is 102 cm³/mol. The molecule has 0 atom stereocenters. The summed E-state index contributed by atoms with van der Waals surface area (Å²) in [5.41, 5.74) is 0.449. The number of carbonyl (C=O) groups excluding carboxylic acids is 1. The molecule has 1 amide bonds. The molecule has 0 radical (unpaired) electrons. The van der Waals surface area contributed by atoms with E-state index in [4.69, 9.17) is 0 Å². The number of sulfonamides is 1. The smallest absolute Gasteiger partial charge is 0.253 e. The zero-order chi connectivity index (χ0) is 18.6. The fourth-order valence-corrected chi connectivity index (χ4v) is 5.29. The maximum atomic E-state index is 13.0. The molecule has 1 heterocycles. The van der Waals surface area contributed by atoms with Crippen LogP contribution >= 0.6 is 0 Å². The van der Waals surface area contributed by atoms with Gasteiger partial charge in [0.1, 0.15) is 0 Å². The van der Waals surface area contributed by atoms with Crippen molar-refractivity contribution in [3.05, 3.63) is 29.8 Å². The van der Waals surface area contributed by atoms with Crippen LogP contribution in [0.5, 0.6) is 0 Å². The highest BCUT2D eigenvalue weighted by molar-refractivity contribution is 7.89. The average molecular weight is 380 g/mol. The van der Waals surface area contributed by atoms with E-state index in [2.05, 4.69) is 5.32 Å². The van der Waals surface area contributed by atoms with Crippen molar-refractivity contribution in [3.63, 3.8) is 0 Å². The minimum atomic E-state index is -3.58. The normalized spacial score (nSPS) is 20.2. The maximum Gasteiger partial charge on any atom is 0.253 e. The number of amides is 1. The third-order valence-corrected chi connectivity index (χ3v) is 7.38. The number of carbonyl (C=O) groups is 1. The van der Waals surface area contributed by atoms with Gasteiger partial charge in [0, 0.05) is 38.3 Å². The lowest BCUT2D eigenvalue weighted by Crippen LogP contribution is -2.38. The molecule has 1 N–H and O–H groups in total. The molecule has 144 valence electrons. The minimum absolute atomic E-state index is 0.0600. The van der Waals surface area contributed by atoms with E-state index in [-0.39, 0.29) is 16.8 Å². The van der Waals surface area contributed by atoms with Gasteiger partial charge >= 0.3 is 0 Å². The molecule has 0 aromatic heterocycles. The molecule has 1 aromatic rings. The quantitative estimate of drug-likeness (QED) is 0.870. The SMILES string of the molecule is CN(C1CCCCC1)S(=O)(=O)c1cccc(C(=O)N2CCCNCC2)c1. The van der Waals surface area contributed by atoms with Gasteiger partial charge in [-0.1, -0.05) is 25.3 Å². The molecule has 2 fully saturated rings. The highest BCUT2D eigenvalue weighted by Gasteiger charge is 2.29. The Morgan fingerprint density at radius 2 is 1.88 bits per heavy atom. The second-order valence-electron chi connectivity index (χ2n) is 7.24. The van der Waals surface area contributed by atoms with Gasteiger partial charge in [0.15, 0.2) is 0 Å². The van der Waals surface area contributed by atoms with Gasteiger partial charge in [0.25, 0.3) is 5.91 Å². The maximum absolute atomic E-state index is 13.0. The summed E-state index contributed by atoms with van der Waals surface area (Å²) < 4.78 is 27.6. The van der Waals surface area contributed by atoms with Crippen molar-refractivity contribution in [2.75, 3.05) is 33.2 Å². The molecule has 0 bridgehead atoms. The molecule has 1 saturated heterocycles. The zero-order valence-corrected chi connectivity index (χ0v) is 16.3. The molecule has 26 heavy (non-hydrogen) atoms. The molecular formula is C19H29N3O3S. The third-order valence-electron chi connectivity index (χ3n) is 5.47. The Bertz CT molecular complexity index is 721. The molecule has 0 unspecified atom stereocenters. The van der Waals surface area contributed by atoms with Crippen LogP contribution in [0, 0.1) is 0 Å². The first-order valence-electron chi connectivity index (χ1n) is 9.58. The van der Waals surface area contributed by atoms with Gasteiger partial charge < -0.3 is 10.2 Å². The van der Waals surface area contributed by atoms with E-state index in [9.17, 15) is 13.2 Å². The number of rotatable bonds is 4. The Labute approximate surface area is 156 Å². The van der Waals surface area contributed by atoms with Crippen LogP contribution < -0.4 is 5.32 Å². The zero-order valence-electron chi connectivity index (χ0n) is 15.5. The molecular weight excluding hydrogens is 350 g/mol. The fraction of sp³-hybridized carbons (Fsp3) is 0.632. The minimum Gasteiger partial charge on any atom is -0.337 e. The molecule has 2 aliphatic rings. The van der Waals surface area contributed by atoms with E-state index >= 15 is 0 Å². The van der Waals surface area contributed by atoms with E-state index in [1.807, 2.05) is 0 Å². The lowest BCUT2D eigenvalue weighted by Gasteiger charge is -2.30. The molecule has 1 aromatic carbocycles. The number of hydrogen-bond donors (Lipinski definition) is 1. The van der Waals surface area contributed by atoms with Crippen LogP contribution in [0.3, 0.4) is 0 Å². The van der Waals surface area contributed by atoms with Crippen LogP contribution in [0.2, 0.25) is 0 Å². The van der Waals surface area contributed by atoms with E-state index in [0.29, 0.717) is 18.7 Å². The Kier molecular flexibility index (Phi) is 6.32. The lowest BCUT2D eigenvalue weighted by atomic mass is 9.96. The summed E-state index contributed by atoms with van der Waals surface area (Å²) in [6.45, 7) is 3.03. The van der Waals surface area contributed by atoms with Crippen LogP contribution in [0.1, 0.15) is 48.9 Å². The van der Waals surface area contributed by atoms with Crippen molar-refractivity contribution in [3.8, 4) is 0 Å². The summed E-state index contributed by atoms with van der Waals surface area (Å²) in [5.74, 6) is -0.0916. The van der Waals surface area contributed by atoms with Gasteiger partial charge in [0.05, 0.1) is 4.90 Å². The summed E-state index contributed by atoms with van der Waals surface area (Å²) in [6, 6.07) is 6.57. The number of hydrogen-bond acceptors (Lipinski definition) is 4. The van der Waals surface area contributed by atoms with Crippen molar-refractivity contribution in [1.29, 1.82) is 0 Å². The van der Waals surface area contributed by atoms with E-state index in [0.717, 1.165) is 45.2 Å². The molecule has 1 aliphatic heterocycles. The standard InChI is InChI=1S/C19H29N3O3S/c1-21(17-8-3-2-4-9-17)26(24,25)18-10-5-7-16(15-18)19(23)22-13-6-11-20-12-14-22/h5,7,10,15,17,20H,2-4,6,8-9,11-14H2,1H3. The van der Waals surface area contributed by atoms with Crippen LogP contribution in [-0.2, 0) is 10.0 Å². The molecule has 0 spiro atoms. The Balaban J connectivity index is 1.80. The van der Waals surface area contributed by atoms with Crippen molar-refractivity contribution in [1.82, 2.24) is 14.5 Å². The van der Waals surface area contributed by atoms with Crippen molar-refractivity contribution in [2.24, 2.45) is 0 Å². The van der Waals surface area contributed by atoms with Crippen LogP contribution in [0.4, 0.5) is 0 Å². The van der Waals surface area contributed by atoms with E-state index in [1.165, 1.54) is 16.8 Å². The van der Waals surface area contributed by atoms with Crippen molar-refractivity contribution in [2.45, 2.75) is 49.5 Å². The summed E-state index contributed by atoms with van der Waals surface area (Å²) in [6.07, 6.45) is 6.07. The van der Waals surface area contributed by atoms with Crippen molar-refractivity contribution >= 4 is 15.9 Å². The summed E-state index contributed by atoms with van der Waals surface area (Å²) in [7, 11) is -1.92. The molecule has 1 saturated carbocycles. The number of nitrogens with one attached hydrogen (secondary N) is 1. The van der Waals surface area contributed by atoms with Gasteiger partial charge in [-0.05, 0) is 44.0 Å². The highest BCUT2D eigenvalue weighted by Crippen LogP contribution is 2.27. The topological polar surface area (TPSA) is 69.7 Å². The van der Waals surface area contributed by atoms with E-state index in [1.54, 1.807) is 30.1 Å². The first-order valence-corrected chi connectivity index (χ1v) is 11.0. The van der Waals surface area contributed by atoms with Gasteiger partial charge in [-0.15, -0.1) is 0 Å². The Morgan fingerprint density at radius 3 is 2.65 bits per heavy atom. The van der Waals surface area contributed by atoms with Crippen molar-refractivity contribution < 1.29 is 13.2 Å². The molecule has 7 heteroatoms. The lowest BCUT2D eigenvalue weighted by molar-refractivity contribution is 0.0766. The first-order chi connectivity index (χ1) is 12.5. The monoisotopic (exact) mass is 379 g/mol. The Morgan fingerprint density at radius 1 is 1.12 bits per heavy atom. The predicted octanol–water partition coefficient (Wildman–Crippen LogP) is 2.08. The van der Waals surface area contributed by atoms with Crippen LogP contribution in [0.15, 0.2) is 29.2 Å². The van der Waals surface area contributed by atoms with Gasteiger partial charge in [-0.3, -0.25) is 4.79 Å². The van der Waals surface area contributed by atoms with Crippen LogP contribution in [-0.4, -0.2) is 62.8 Å². The molecule has 6 nitrogen and oxygen atoms in total. The van der Waals surface area contributed by atoms with E-state index < -0.39 is 10.0 Å². The largest absolute Gasteiger partial charge is 0.337 e. The highest BCUT2D eigenvalue weighted by atomic mass is 32.2. The molecule has 1 aliphatic carbocycles.